The molecule has 12 nitrogen and oxygen atoms in total. The number of carbonyl (C=O) groups excluding carboxylic acids is 4. The molecule has 0 radical (unpaired) electrons. The Kier molecular flexibility index (Phi) is 16.7. The number of esters is 4. The maximum atomic E-state index is 12.5. The number of nitrogens with one attached hydrogen (secondary N) is 2. The van der Waals surface area contributed by atoms with Crippen LogP contribution in [0.5, 0.6) is 0 Å². The lowest BCUT2D eigenvalue weighted by Crippen LogP contribution is -2.51. The number of nitrogens with zero attached hydrogens (tertiary/aromatic N) is 2. The monoisotopic (exact) mass is 516 g/mol. The standard InChI is InChI=1S/C24H44N4O8/c1-33-21(29)9-5-7-19(23(31)35-3)27-15-11-25-13-17-28(18-14-26-12-16-27)20(24(32)36-4)8-6-10-22(30)34-2/h19-20,25-26H,5-18H2,1-4H3. The Labute approximate surface area is 214 Å². The fourth-order valence-electron chi connectivity index (χ4n) is 4.24. The average molecular weight is 517 g/mol. The highest BCUT2D eigenvalue weighted by atomic mass is 16.5. The molecule has 0 aromatic rings. The maximum Gasteiger partial charge on any atom is 0.323 e. The van der Waals surface area contributed by atoms with Gasteiger partial charge in [0, 0.05) is 65.2 Å². The molecule has 1 aliphatic heterocycles. The van der Waals surface area contributed by atoms with Crippen LogP contribution in [0.4, 0.5) is 0 Å². The predicted octanol–water partition coefficient (Wildman–Crippen LogP) is -0.447. The number of hydrogen-bond acceptors (Lipinski definition) is 12. The van der Waals surface area contributed by atoms with Gasteiger partial charge in [0.25, 0.3) is 0 Å². The lowest BCUT2D eigenvalue weighted by molar-refractivity contribution is -0.148. The van der Waals surface area contributed by atoms with Gasteiger partial charge in [-0.3, -0.25) is 29.0 Å². The average Bonchev–Trinajstić information content (AvgIpc) is 2.88. The van der Waals surface area contributed by atoms with Crippen molar-refractivity contribution in [2.75, 3.05) is 80.8 Å². The van der Waals surface area contributed by atoms with Gasteiger partial charge < -0.3 is 29.6 Å². The van der Waals surface area contributed by atoms with Crippen LogP contribution in [-0.2, 0) is 38.1 Å². The quantitative estimate of drug-likeness (QED) is 0.257. The summed E-state index contributed by atoms with van der Waals surface area (Å²) < 4.78 is 19.5. The van der Waals surface area contributed by atoms with E-state index in [9.17, 15) is 19.2 Å². The summed E-state index contributed by atoms with van der Waals surface area (Å²) in [7, 11) is 5.45. The molecule has 0 aromatic heterocycles. The second-order valence-corrected chi connectivity index (χ2v) is 8.59. The van der Waals surface area contributed by atoms with E-state index in [1.165, 1.54) is 28.4 Å². The normalized spacial score (nSPS) is 18.1. The fourth-order valence-corrected chi connectivity index (χ4v) is 4.24. The Balaban J connectivity index is 2.73. The minimum Gasteiger partial charge on any atom is -0.469 e. The second kappa shape index (κ2) is 18.9. The van der Waals surface area contributed by atoms with Gasteiger partial charge in [0.1, 0.15) is 12.1 Å². The molecule has 0 bridgehead atoms. The molecule has 0 amide bonds. The largest absolute Gasteiger partial charge is 0.469 e. The van der Waals surface area contributed by atoms with Crippen molar-refractivity contribution >= 4 is 23.9 Å². The molecule has 1 rings (SSSR count). The van der Waals surface area contributed by atoms with Crippen LogP contribution in [0.1, 0.15) is 38.5 Å². The van der Waals surface area contributed by atoms with Crippen LogP contribution < -0.4 is 10.6 Å². The maximum absolute atomic E-state index is 12.5. The molecule has 36 heavy (non-hydrogen) atoms. The van der Waals surface area contributed by atoms with Crippen LogP contribution in [-0.4, -0.2) is 127 Å². The van der Waals surface area contributed by atoms with Crippen LogP contribution in [0.25, 0.3) is 0 Å². The molecule has 12 heteroatoms. The van der Waals surface area contributed by atoms with Gasteiger partial charge in [0.2, 0.25) is 0 Å². The smallest absolute Gasteiger partial charge is 0.323 e. The summed E-state index contributed by atoms with van der Waals surface area (Å²) in [4.78, 5) is 52.1. The Hall–Kier alpha value is -2.28. The van der Waals surface area contributed by atoms with Crippen molar-refractivity contribution in [2.24, 2.45) is 0 Å². The van der Waals surface area contributed by atoms with E-state index < -0.39 is 12.1 Å². The summed E-state index contributed by atoms with van der Waals surface area (Å²) in [5.74, 6) is -1.22. The van der Waals surface area contributed by atoms with E-state index >= 15 is 0 Å². The first-order valence-electron chi connectivity index (χ1n) is 12.6. The van der Waals surface area contributed by atoms with E-state index in [4.69, 9.17) is 18.9 Å². The molecule has 208 valence electrons. The molecule has 0 spiro atoms. The molecule has 1 saturated heterocycles. The van der Waals surface area contributed by atoms with Crippen LogP contribution >= 0.6 is 0 Å². The van der Waals surface area contributed by atoms with E-state index in [1.54, 1.807) is 0 Å². The highest BCUT2D eigenvalue weighted by Gasteiger charge is 2.28. The van der Waals surface area contributed by atoms with Crippen LogP contribution in [0.15, 0.2) is 0 Å². The molecule has 2 atom stereocenters. The van der Waals surface area contributed by atoms with Crippen molar-refractivity contribution in [1.82, 2.24) is 20.4 Å². The highest BCUT2D eigenvalue weighted by molar-refractivity contribution is 5.76. The van der Waals surface area contributed by atoms with Gasteiger partial charge in [-0.1, -0.05) is 0 Å². The molecule has 0 aromatic carbocycles. The van der Waals surface area contributed by atoms with Gasteiger partial charge in [-0.05, 0) is 25.7 Å². The summed E-state index contributed by atoms with van der Waals surface area (Å²) in [6.07, 6.45) is 2.58. The highest BCUT2D eigenvalue weighted by Crippen LogP contribution is 2.13. The molecule has 1 fully saturated rings. The van der Waals surface area contributed by atoms with Gasteiger partial charge in [0.15, 0.2) is 0 Å². The van der Waals surface area contributed by atoms with E-state index in [0.717, 1.165) is 0 Å². The number of carbonyl (C=O) groups is 4. The topological polar surface area (TPSA) is 136 Å². The third kappa shape index (κ3) is 12.1. The van der Waals surface area contributed by atoms with Crippen molar-refractivity contribution < 1.29 is 38.1 Å². The zero-order valence-corrected chi connectivity index (χ0v) is 22.2. The molecule has 0 saturated carbocycles. The third-order valence-electron chi connectivity index (χ3n) is 6.30. The second-order valence-electron chi connectivity index (χ2n) is 8.59. The Morgan fingerprint density at radius 1 is 0.611 bits per heavy atom. The van der Waals surface area contributed by atoms with Gasteiger partial charge in [-0.2, -0.15) is 0 Å². The van der Waals surface area contributed by atoms with E-state index in [0.29, 0.717) is 78.0 Å². The first-order chi connectivity index (χ1) is 17.4. The first-order valence-corrected chi connectivity index (χ1v) is 12.6. The number of methoxy groups -OCH3 is 4. The Morgan fingerprint density at radius 2 is 0.944 bits per heavy atom. The lowest BCUT2D eigenvalue weighted by atomic mass is 10.1. The number of hydrogen-bond donors (Lipinski definition) is 2. The van der Waals surface area contributed by atoms with Gasteiger partial charge in [-0.25, -0.2) is 0 Å². The number of rotatable bonds is 12. The van der Waals surface area contributed by atoms with Crippen LogP contribution in [0.3, 0.4) is 0 Å². The third-order valence-corrected chi connectivity index (χ3v) is 6.30. The zero-order valence-electron chi connectivity index (χ0n) is 22.2. The molecule has 0 aliphatic carbocycles. The van der Waals surface area contributed by atoms with E-state index in [-0.39, 0.29) is 36.7 Å². The lowest BCUT2D eigenvalue weighted by Gasteiger charge is -2.33. The molecule has 2 unspecified atom stereocenters. The molecule has 1 aliphatic rings. The number of ether oxygens (including phenoxy) is 4. The van der Waals surface area contributed by atoms with Crippen molar-refractivity contribution in [3.05, 3.63) is 0 Å². The molecule has 2 N–H and O–H groups in total. The summed E-state index contributed by atoms with van der Waals surface area (Å²) >= 11 is 0. The fraction of sp³-hybridized carbons (Fsp3) is 0.833. The minimum atomic E-state index is -0.443. The van der Waals surface area contributed by atoms with Crippen molar-refractivity contribution in [1.29, 1.82) is 0 Å². The van der Waals surface area contributed by atoms with Crippen LogP contribution in [0, 0.1) is 0 Å². The predicted molar refractivity (Wildman–Crippen MR) is 132 cm³/mol. The van der Waals surface area contributed by atoms with Gasteiger partial charge in [0.05, 0.1) is 28.4 Å². The van der Waals surface area contributed by atoms with Crippen molar-refractivity contribution in [3.63, 3.8) is 0 Å². The van der Waals surface area contributed by atoms with E-state index in [2.05, 4.69) is 20.4 Å². The SMILES string of the molecule is COC(=O)CCCC(C(=O)OC)N1CCNCCN(C(CCCC(=O)OC)C(=O)OC)CCNCC1. The minimum absolute atomic E-state index is 0.255. The molecular weight excluding hydrogens is 472 g/mol. The van der Waals surface area contributed by atoms with E-state index in [1.807, 2.05) is 0 Å². The summed E-state index contributed by atoms with van der Waals surface area (Å²) in [6, 6.07) is -0.887. The molecule has 1 heterocycles. The molecular formula is C24H44N4O8. The Bertz CT molecular complexity index is 611. The van der Waals surface area contributed by atoms with Crippen molar-refractivity contribution in [3.8, 4) is 0 Å². The van der Waals surface area contributed by atoms with Gasteiger partial charge in [-0.15, -0.1) is 0 Å². The first kappa shape index (κ1) is 31.7. The van der Waals surface area contributed by atoms with Gasteiger partial charge >= 0.3 is 23.9 Å². The summed E-state index contributed by atoms with van der Waals surface area (Å²) in [5, 5.41) is 6.80. The van der Waals surface area contributed by atoms with Crippen LogP contribution in [0.2, 0.25) is 0 Å². The summed E-state index contributed by atoms with van der Waals surface area (Å²) in [5.41, 5.74) is 0. The summed E-state index contributed by atoms with van der Waals surface area (Å²) in [6.45, 7) is 5.07. The van der Waals surface area contributed by atoms with Crippen molar-refractivity contribution in [2.45, 2.75) is 50.6 Å². The zero-order chi connectivity index (χ0) is 26.8. The Morgan fingerprint density at radius 3 is 1.22 bits per heavy atom.